The summed E-state index contributed by atoms with van der Waals surface area (Å²) in [6, 6.07) is 15.6. The Morgan fingerprint density at radius 1 is 1.16 bits per heavy atom. The maximum atomic E-state index is 11.9. The van der Waals surface area contributed by atoms with Crippen LogP contribution in [-0.2, 0) is 11.3 Å². The predicted molar refractivity (Wildman–Crippen MR) is 101 cm³/mol. The highest BCUT2D eigenvalue weighted by molar-refractivity contribution is 7.19. The SMILES string of the molecule is Cc1sc2cc(OC(C)NC(=O)OCc3ccccc3)ccc2c1C. The molecule has 0 bridgehead atoms. The van der Waals surface area contributed by atoms with Crippen molar-refractivity contribution in [2.24, 2.45) is 0 Å². The Balaban J connectivity index is 1.55. The van der Waals surface area contributed by atoms with Crippen molar-refractivity contribution in [1.29, 1.82) is 0 Å². The Bertz CT molecular complexity index is 873. The highest BCUT2D eigenvalue weighted by Crippen LogP contribution is 2.32. The summed E-state index contributed by atoms with van der Waals surface area (Å²) in [5.74, 6) is 0.726. The van der Waals surface area contributed by atoms with Crippen LogP contribution in [0.5, 0.6) is 5.75 Å². The Labute approximate surface area is 151 Å². The Morgan fingerprint density at radius 3 is 2.68 bits per heavy atom. The second-order valence-electron chi connectivity index (χ2n) is 5.91. The van der Waals surface area contributed by atoms with Crippen LogP contribution in [0.1, 0.15) is 22.9 Å². The summed E-state index contributed by atoms with van der Waals surface area (Å²) in [6.45, 7) is 6.26. The molecule has 1 heterocycles. The van der Waals surface area contributed by atoms with Gasteiger partial charge in [-0.3, -0.25) is 5.32 Å². The van der Waals surface area contributed by atoms with Crippen molar-refractivity contribution >= 4 is 27.5 Å². The Morgan fingerprint density at radius 2 is 1.92 bits per heavy atom. The molecule has 0 saturated heterocycles. The van der Waals surface area contributed by atoms with Crippen molar-refractivity contribution in [3.05, 3.63) is 64.5 Å². The molecule has 3 aromatic rings. The van der Waals surface area contributed by atoms with Crippen molar-refractivity contribution in [2.75, 3.05) is 0 Å². The number of nitrogens with one attached hydrogen (secondary N) is 1. The van der Waals surface area contributed by atoms with Crippen LogP contribution in [0.4, 0.5) is 4.79 Å². The lowest BCUT2D eigenvalue weighted by Crippen LogP contribution is -2.36. The molecule has 2 aromatic carbocycles. The van der Waals surface area contributed by atoms with Crippen LogP contribution in [-0.4, -0.2) is 12.3 Å². The molecule has 0 aliphatic carbocycles. The van der Waals surface area contributed by atoms with E-state index in [1.807, 2.05) is 42.5 Å². The van der Waals surface area contributed by atoms with Gasteiger partial charge in [0.2, 0.25) is 0 Å². The average molecular weight is 355 g/mol. The lowest BCUT2D eigenvalue weighted by Gasteiger charge is -2.16. The van der Waals surface area contributed by atoms with Gasteiger partial charge in [0, 0.05) is 9.58 Å². The predicted octanol–water partition coefficient (Wildman–Crippen LogP) is 5.17. The maximum Gasteiger partial charge on any atom is 0.410 e. The van der Waals surface area contributed by atoms with Gasteiger partial charge < -0.3 is 9.47 Å². The molecule has 0 fully saturated rings. The summed E-state index contributed by atoms with van der Waals surface area (Å²) in [7, 11) is 0. The van der Waals surface area contributed by atoms with Gasteiger partial charge in [0.15, 0.2) is 6.23 Å². The van der Waals surface area contributed by atoms with Crippen LogP contribution in [0.15, 0.2) is 48.5 Å². The molecule has 130 valence electrons. The molecule has 0 radical (unpaired) electrons. The molecular formula is C20H21NO3S. The highest BCUT2D eigenvalue weighted by Gasteiger charge is 2.11. The number of benzene rings is 2. The van der Waals surface area contributed by atoms with E-state index in [-0.39, 0.29) is 6.61 Å². The van der Waals surface area contributed by atoms with E-state index in [1.165, 1.54) is 20.5 Å². The van der Waals surface area contributed by atoms with Crippen LogP contribution in [0.2, 0.25) is 0 Å². The van der Waals surface area contributed by atoms with Gasteiger partial charge in [-0.25, -0.2) is 4.79 Å². The van der Waals surface area contributed by atoms with E-state index in [4.69, 9.17) is 9.47 Å². The number of rotatable bonds is 5. The Hall–Kier alpha value is -2.53. The van der Waals surface area contributed by atoms with Gasteiger partial charge in [-0.1, -0.05) is 30.3 Å². The van der Waals surface area contributed by atoms with Gasteiger partial charge in [0.1, 0.15) is 12.4 Å². The lowest BCUT2D eigenvalue weighted by atomic mass is 10.1. The molecular weight excluding hydrogens is 334 g/mol. The summed E-state index contributed by atoms with van der Waals surface area (Å²) in [4.78, 5) is 13.2. The van der Waals surface area contributed by atoms with Gasteiger partial charge in [0.25, 0.3) is 0 Å². The van der Waals surface area contributed by atoms with Crippen LogP contribution >= 0.6 is 11.3 Å². The standard InChI is InChI=1S/C20H21NO3S/c1-13-14(2)25-19-11-17(9-10-18(13)19)24-15(3)21-20(22)23-12-16-7-5-4-6-8-16/h4-11,15H,12H2,1-3H3,(H,21,22). The van der Waals surface area contributed by atoms with Crippen LogP contribution in [0.3, 0.4) is 0 Å². The quantitative estimate of drug-likeness (QED) is 0.642. The minimum Gasteiger partial charge on any atom is -0.471 e. The fourth-order valence-corrected chi connectivity index (χ4v) is 3.66. The number of alkyl carbamates (subject to hydrolysis) is 1. The number of amides is 1. The molecule has 3 rings (SSSR count). The summed E-state index contributed by atoms with van der Waals surface area (Å²) in [5.41, 5.74) is 2.25. The monoisotopic (exact) mass is 355 g/mol. The molecule has 0 aliphatic heterocycles. The highest BCUT2D eigenvalue weighted by atomic mass is 32.1. The first-order valence-corrected chi connectivity index (χ1v) is 8.98. The molecule has 0 aliphatic rings. The second kappa shape index (κ2) is 7.57. The molecule has 1 unspecified atom stereocenters. The molecule has 1 amide bonds. The smallest absolute Gasteiger partial charge is 0.410 e. The van der Waals surface area contributed by atoms with Crippen molar-refractivity contribution in [2.45, 2.75) is 33.6 Å². The largest absolute Gasteiger partial charge is 0.471 e. The third-order valence-electron chi connectivity index (χ3n) is 3.99. The fraction of sp³-hybridized carbons (Fsp3) is 0.250. The molecule has 1 aromatic heterocycles. The van der Waals surface area contributed by atoms with Crippen LogP contribution in [0, 0.1) is 13.8 Å². The van der Waals surface area contributed by atoms with Crippen molar-refractivity contribution in [3.8, 4) is 5.75 Å². The minimum atomic E-state index is -0.500. The summed E-state index contributed by atoms with van der Waals surface area (Å²) < 4.78 is 12.2. The number of aryl methyl sites for hydroxylation is 2. The van der Waals surface area contributed by atoms with E-state index in [0.717, 1.165) is 11.3 Å². The number of carbonyl (C=O) groups is 1. The van der Waals surface area contributed by atoms with E-state index in [9.17, 15) is 4.79 Å². The first kappa shape index (κ1) is 17.3. The van der Waals surface area contributed by atoms with E-state index in [1.54, 1.807) is 18.3 Å². The molecule has 0 saturated carbocycles. The first-order chi connectivity index (χ1) is 12.0. The van der Waals surface area contributed by atoms with E-state index >= 15 is 0 Å². The number of thiophene rings is 1. The lowest BCUT2D eigenvalue weighted by molar-refractivity contribution is 0.111. The van der Waals surface area contributed by atoms with Gasteiger partial charge in [-0.2, -0.15) is 0 Å². The van der Waals surface area contributed by atoms with Gasteiger partial charge >= 0.3 is 6.09 Å². The van der Waals surface area contributed by atoms with Crippen LogP contribution in [0.25, 0.3) is 10.1 Å². The minimum absolute atomic E-state index is 0.235. The summed E-state index contributed by atoms with van der Waals surface area (Å²) in [5, 5.41) is 3.93. The molecule has 1 atom stereocenters. The number of hydrogen-bond donors (Lipinski definition) is 1. The molecule has 1 N–H and O–H groups in total. The van der Waals surface area contributed by atoms with Gasteiger partial charge in [-0.15, -0.1) is 11.3 Å². The number of hydrogen-bond acceptors (Lipinski definition) is 4. The molecule has 0 spiro atoms. The first-order valence-electron chi connectivity index (χ1n) is 8.16. The van der Waals surface area contributed by atoms with Gasteiger partial charge in [0.05, 0.1) is 0 Å². The molecule has 5 heteroatoms. The van der Waals surface area contributed by atoms with Crippen LogP contribution < -0.4 is 10.1 Å². The third kappa shape index (κ3) is 4.31. The number of carbonyl (C=O) groups excluding carboxylic acids is 1. The average Bonchev–Trinajstić information content (AvgIpc) is 2.87. The van der Waals surface area contributed by atoms with Crippen molar-refractivity contribution < 1.29 is 14.3 Å². The number of fused-ring (bicyclic) bond motifs is 1. The molecule has 4 nitrogen and oxygen atoms in total. The van der Waals surface area contributed by atoms with Gasteiger partial charge in [-0.05, 0) is 55.5 Å². The fourth-order valence-electron chi connectivity index (χ4n) is 2.57. The van der Waals surface area contributed by atoms with E-state index in [0.29, 0.717) is 0 Å². The zero-order valence-electron chi connectivity index (χ0n) is 14.5. The zero-order chi connectivity index (χ0) is 17.8. The summed E-state index contributed by atoms with van der Waals surface area (Å²) >= 11 is 1.75. The topological polar surface area (TPSA) is 47.6 Å². The summed E-state index contributed by atoms with van der Waals surface area (Å²) in [6.07, 6.45) is -0.983. The second-order valence-corrected chi connectivity index (χ2v) is 7.16. The van der Waals surface area contributed by atoms with Crippen molar-refractivity contribution in [3.63, 3.8) is 0 Å². The third-order valence-corrected chi connectivity index (χ3v) is 5.17. The Kier molecular flexibility index (Phi) is 5.24. The van der Waals surface area contributed by atoms with E-state index in [2.05, 4.69) is 25.2 Å². The maximum absolute atomic E-state index is 11.9. The normalized spacial score (nSPS) is 12.0. The molecule has 25 heavy (non-hydrogen) atoms. The van der Waals surface area contributed by atoms with E-state index < -0.39 is 12.3 Å². The number of ether oxygens (including phenoxy) is 2. The van der Waals surface area contributed by atoms with Crippen molar-refractivity contribution in [1.82, 2.24) is 5.32 Å². The zero-order valence-corrected chi connectivity index (χ0v) is 15.4.